The molecule has 5 rings (SSSR count). The molecule has 4 aromatic rings. The van der Waals surface area contributed by atoms with E-state index in [9.17, 15) is 0 Å². The van der Waals surface area contributed by atoms with Crippen molar-refractivity contribution in [1.29, 1.82) is 0 Å². The van der Waals surface area contributed by atoms with Crippen LogP contribution in [0.15, 0.2) is 94.8 Å². The van der Waals surface area contributed by atoms with Crippen molar-refractivity contribution in [3.05, 3.63) is 112 Å². The fourth-order valence-electron chi connectivity index (χ4n) is 3.92. The minimum Gasteiger partial charge on any atom is -0.257 e. The van der Waals surface area contributed by atoms with Gasteiger partial charge >= 0.3 is 0 Å². The van der Waals surface area contributed by atoms with Crippen molar-refractivity contribution in [3.8, 4) is 5.69 Å². The van der Waals surface area contributed by atoms with E-state index in [4.69, 9.17) is 5.10 Å². The summed E-state index contributed by atoms with van der Waals surface area (Å²) < 4.78 is 3.02. The van der Waals surface area contributed by atoms with Gasteiger partial charge in [0.2, 0.25) is 0 Å². The van der Waals surface area contributed by atoms with Gasteiger partial charge < -0.3 is 0 Å². The van der Waals surface area contributed by atoms with Crippen LogP contribution >= 0.6 is 15.9 Å². The lowest BCUT2D eigenvalue weighted by molar-refractivity contribution is 0.708. The summed E-state index contributed by atoms with van der Waals surface area (Å²) in [6, 6.07) is 25.3. The molecule has 0 radical (unpaired) electrons. The quantitative estimate of drug-likeness (QED) is 0.336. The van der Waals surface area contributed by atoms with Crippen LogP contribution in [0.2, 0.25) is 0 Å². The van der Waals surface area contributed by atoms with Crippen LogP contribution in [0.25, 0.3) is 5.69 Å². The van der Waals surface area contributed by atoms with Crippen LogP contribution in [-0.2, 0) is 0 Å². The molecule has 0 aliphatic carbocycles. The normalized spacial score (nSPS) is 15.9. The van der Waals surface area contributed by atoms with E-state index in [2.05, 4.69) is 113 Å². The molecule has 5 heteroatoms. The molecular weight excluding hydrogens is 448 g/mol. The molecule has 1 atom stereocenters. The molecule has 2 heterocycles. The maximum Gasteiger partial charge on any atom is 0.0862 e. The molecule has 0 saturated heterocycles. The molecule has 0 saturated carbocycles. The van der Waals surface area contributed by atoms with Gasteiger partial charge in [-0.15, -0.1) is 0 Å². The largest absolute Gasteiger partial charge is 0.257 e. The fourth-order valence-corrected chi connectivity index (χ4v) is 4.19. The van der Waals surface area contributed by atoms with Gasteiger partial charge in [0.05, 0.1) is 29.3 Å². The summed E-state index contributed by atoms with van der Waals surface area (Å²) in [6.45, 7) is 4.26. The number of aromatic nitrogens is 2. The second kappa shape index (κ2) is 8.16. The highest BCUT2D eigenvalue weighted by molar-refractivity contribution is 9.10. The van der Waals surface area contributed by atoms with Gasteiger partial charge in [0.1, 0.15) is 0 Å². The molecule has 1 aliphatic rings. The maximum atomic E-state index is 5.02. The summed E-state index contributed by atoms with van der Waals surface area (Å²) in [4.78, 5) is 0. The average Bonchev–Trinajstić information content (AvgIpc) is 3.44. The zero-order valence-electron chi connectivity index (χ0n) is 17.5. The van der Waals surface area contributed by atoms with Crippen LogP contribution in [0.3, 0.4) is 0 Å². The van der Waals surface area contributed by atoms with Crippen LogP contribution < -0.4 is 5.01 Å². The van der Waals surface area contributed by atoms with Gasteiger partial charge in [-0.25, -0.2) is 4.68 Å². The molecule has 0 N–H and O–H groups in total. The Kier molecular flexibility index (Phi) is 5.20. The van der Waals surface area contributed by atoms with E-state index in [0.717, 1.165) is 39.1 Å². The van der Waals surface area contributed by atoms with Gasteiger partial charge in [0.15, 0.2) is 0 Å². The second-order valence-corrected chi connectivity index (χ2v) is 8.86. The zero-order valence-corrected chi connectivity index (χ0v) is 19.1. The Morgan fingerprint density at radius 1 is 0.871 bits per heavy atom. The lowest BCUT2D eigenvalue weighted by atomic mass is 10.0. The number of hydrazone groups is 1. The Balaban J connectivity index is 1.51. The summed E-state index contributed by atoms with van der Waals surface area (Å²) in [6.07, 6.45) is 4.93. The smallest absolute Gasteiger partial charge is 0.0862 e. The summed E-state index contributed by atoms with van der Waals surface area (Å²) >= 11 is 3.54. The average molecular weight is 471 g/mol. The minimum atomic E-state index is 0.0941. The van der Waals surface area contributed by atoms with E-state index in [1.54, 1.807) is 0 Å². The van der Waals surface area contributed by atoms with Crippen LogP contribution in [-0.4, -0.2) is 15.5 Å². The molecule has 3 aromatic carbocycles. The van der Waals surface area contributed by atoms with Gasteiger partial charge in [-0.1, -0.05) is 52.3 Å². The van der Waals surface area contributed by atoms with Crippen LogP contribution in [0.1, 0.15) is 34.7 Å². The summed E-state index contributed by atoms with van der Waals surface area (Å²) in [5.74, 6) is 0. The SMILES string of the molecule is Cc1ccc(-n2cc(C3CC(c4ccccc4)=NN3c3ccc(Br)cc3)cn2)cc1C. The monoisotopic (exact) mass is 470 g/mol. The lowest BCUT2D eigenvalue weighted by Crippen LogP contribution is -2.18. The first-order chi connectivity index (χ1) is 15.1. The summed E-state index contributed by atoms with van der Waals surface area (Å²) in [5, 5.41) is 11.8. The minimum absolute atomic E-state index is 0.0941. The number of benzene rings is 3. The molecule has 1 aromatic heterocycles. The molecule has 31 heavy (non-hydrogen) atoms. The number of hydrogen-bond donors (Lipinski definition) is 0. The third-order valence-electron chi connectivity index (χ3n) is 5.85. The first kappa shape index (κ1) is 19.8. The predicted molar refractivity (Wildman–Crippen MR) is 130 cm³/mol. The predicted octanol–water partition coefficient (Wildman–Crippen LogP) is 6.61. The first-order valence-electron chi connectivity index (χ1n) is 10.4. The van der Waals surface area contributed by atoms with Crippen molar-refractivity contribution in [2.45, 2.75) is 26.3 Å². The van der Waals surface area contributed by atoms with Crippen LogP contribution in [0.4, 0.5) is 5.69 Å². The molecule has 1 aliphatic heterocycles. The summed E-state index contributed by atoms with van der Waals surface area (Å²) in [5.41, 5.74) is 8.09. The highest BCUT2D eigenvalue weighted by Gasteiger charge is 2.31. The molecule has 4 nitrogen and oxygen atoms in total. The third kappa shape index (κ3) is 3.93. The topological polar surface area (TPSA) is 33.4 Å². The Hall–Kier alpha value is -3.18. The summed E-state index contributed by atoms with van der Waals surface area (Å²) in [7, 11) is 0. The first-order valence-corrected chi connectivity index (χ1v) is 11.2. The lowest BCUT2D eigenvalue weighted by Gasteiger charge is -2.22. The molecular formula is C26H23BrN4. The number of hydrogen-bond acceptors (Lipinski definition) is 3. The van der Waals surface area contributed by atoms with E-state index in [1.807, 2.05) is 16.9 Å². The second-order valence-electron chi connectivity index (χ2n) is 7.94. The van der Waals surface area contributed by atoms with E-state index in [1.165, 1.54) is 11.1 Å². The molecule has 1 unspecified atom stereocenters. The van der Waals surface area contributed by atoms with Crippen molar-refractivity contribution in [2.75, 3.05) is 5.01 Å². The molecule has 0 fully saturated rings. The van der Waals surface area contributed by atoms with Gasteiger partial charge in [0, 0.05) is 22.7 Å². The van der Waals surface area contributed by atoms with Crippen molar-refractivity contribution in [2.24, 2.45) is 5.10 Å². The standard InChI is InChI=1S/C26H23BrN4/c1-18-8-11-24(14-19(18)2)30-17-21(16-28-30)26-15-25(20-6-4-3-5-7-20)29-31(26)23-12-9-22(27)10-13-23/h3-14,16-17,26H,15H2,1-2H3. The fraction of sp³-hybridized carbons (Fsp3) is 0.154. The van der Waals surface area contributed by atoms with Crippen molar-refractivity contribution < 1.29 is 0 Å². The van der Waals surface area contributed by atoms with Crippen molar-refractivity contribution >= 4 is 27.3 Å². The zero-order chi connectivity index (χ0) is 21.4. The molecule has 0 amide bonds. The van der Waals surface area contributed by atoms with Gasteiger partial charge in [-0.3, -0.25) is 5.01 Å². The number of nitrogens with zero attached hydrogens (tertiary/aromatic N) is 4. The highest BCUT2D eigenvalue weighted by Crippen LogP contribution is 2.37. The number of aryl methyl sites for hydroxylation is 2. The van der Waals surface area contributed by atoms with E-state index < -0.39 is 0 Å². The maximum absolute atomic E-state index is 5.02. The Morgan fingerprint density at radius 3 is 2.35 bits per heavy atom. The van der Waals surface area contributed by atoms with E-state index in [0.29, 0.717) is 0 Å². The number of halogens is 1. The highest BCUT2D eigenvalue weighted by atomic mass is 79.9. The Bertz CT molecular complexity index is 1240. The van der Waals surface area contributed by atoms with Gasteiger partial charge in [-0.2, -0.15) is 10.2 Å². The van der Waals surface area contributed by atoms with Gasteiger partial charge in [-0.05, 0) is 66.9 Å². The number of rotatable bonds is 4. The van der Waals surface area contributed by atoms with E-state index >= 15 is 0 Å². The van der Waals surface area contributed by atoms with Crippen molar-refractivity contribution in [1.82, 2.24) is 9.78 Å². The van der Waals surface area contributed by atoms with Crippen molar-refractivity contribution in [3.63, 3.8) is 0 Å². The Morgan fingerprint density at radius 2 is 1.61 bits per heavy atom. The van der Waals surface area contributed by atoms with E-state index in [-0.39, 0.29) is 6.04 Å². The van der Waals surface area contributed by atoms with Crippen LogP contribution in [0, 0.1) is 13.8 Å². The molecule has 154 valence electrons. The van der Waals surface area contributed by atoms with Crippen LogP contribution in [0.5, 0.6) is 0 Å². The van der Waals surface area contributed by atoms with Gasteiger partial charge in [0.25, 0.3) is 0 Å². The Labute approximate surface area is 191 Å². The molecule has 0 spiro atoms. The molecule has 0 bridgehead atoms. The third-order valence-corrected chi connectivity index (χ3v) is 6.38. The number of anilines is 1.